The van der Waals surface area contributed by atoms with Crippen molar-refractivity contribution in [2.75, 3.05) is 40.3 Å². The lowest BCUT2D eigenvalue weighted by molar-refractivity contribution is 0.268. The van der Waals surface area contributed by atoms with Crippen LogP contribution in [-0.2, 0) is 0 Å². The van der Waals surface area contributed by atoms with Crippen molar-refractivity contribution in [3.8, 4) is 0 Å². The predicted octanol–water partition coefficient (Wildman–Crippen LogP) is 1.39. The third-order valence-electron chi connectivity index (χ3n) is 3.51. The molecule has 1 heterocycles. The normalized spacial score (nSPS) is 24.2. The van der Waals surface area contributed by atoms with Crippen LogP contribution < -0.4 is 5.73 Å². The van der Waals surface area contributed by atoms with Crippen LogP contribution in [0.4, 0.5) is 0 Å². The summed E-state index contributed by atoms with van der Waals surface area (Å²) in [4.78, 5) is 4.93. The molecule has 0 bridgehead atoms. The molecule has 1 aliphatic heterocycles. The van der Waals surface area contributed by atoms with Crippen molar-refractivity contribution in [1.82, 2.24) is 9.80 Å². The van der Waals surface area contributed by atoms with Gasteiger partial charge in [-0.25, -0.2) is 0 Å². The maximum absolute atomic E-state index is 5.74. The number of unbranched alkanes of at least 4 members (excludes halogenated alkanes) is 1. The van der Waals surface area contributed by atoms with Crippen LogP contribution in [0.1, 0.15) is 32.6 Å². The quantitative estimate of drug-likeness (QED) is 0.667. The monoisotopic (exact) mass is 227 g/mol. The van der Waals surface area contributed by atoms with Gasteiger partial charge in [-0.1, -0.05) is 6.42 Å². The molecule has 2 atom stereocenters. The zero-order valence-electron chi connectivity index (χ0n) is 11.3. The van der Waals surface area contributed by atoms with E-state index < -0.39 is 0 Å². The molecule has 16 heavy (non-hydrogen) atoms. The number of rotatable bonds is 7. The first kappa shape index (κ1) is 13.9. The Hall–Kier alpha value is -0.120. The number of nitrogens with two attached hydrogens (primary N) is 1. The summed E-state index contributed by atoms with van der Waals surface area (Å²) in [6.07, 6.45) is 5.11. The van der Waals surface area contributed by atoms with Crippen LogP contribution in [0.15, 0.2) is 0 Å². The highest BCUT2D eigenvalue weighted by atomic mass is 15.1. The number of likely N-dealkylation sites (tertiary alicyclic amines) is 1. The third kappa shape index (κ3) is 5.83. The maximum atomic E-state index is 5.74. The van der Waals surface area contributed by atoms with Crippen molar-refractivity contribution in [3.05, 3.63) is 0 Å². The molecule has 0 radical (unpaired) electrons. The number of hydrogen-bond acceptors (Lipinski definition) is 3. The molecule has 3 heteroatoms. The van der Waals surface area contributed by atoms with Crippen molar-refractivity contribution in [1.29, 1.82) is 0 Å². The Morgan fingerprint density at radius 3 is 2.75 bits per heavy atom. The molecule has 0 aromatic carbocycles. The second-order valence-corrected chi connectivity index (χ2v) is 5.65. The minimum Gasteiger partial charge on any atom is -0.328 e. The van der Waals surface area contributed by atoms with Gasteiger partial charge in [0.15, 0.2) is 0 Å². The van der Waals surface area contributed by atoms with Gasteiger partial charge in [0.05, 0.1) is 0 Å². The molecule has 96 valence electrons. The van der Waals surface area contributed by atoms with E-state index >= 15 is 0 Å². The summed E-state index contributed by atoms with van der Waals surface area (Å²) in [5, 5.41) is 0. The highest BCUT2D eigenvalue weighted by Gasteiger charge is 2.20. The fourth-order valence-corrected chi connectivity index (χ4v) is 2.56. The van der Waals surface area contributed by atoms with E-state index in [1.165, 1.54) is 51.9 Å². The van der Waals surface area contributed by atoms with E-state index in [2.05, 4.69) is 30.8 Å². The van der Waals surface area contributed by atoms with Gasteiger partial charge in [0.1, 0.15) is 0 Å². The molecular formula is C13H29N3. The Labute approximate surface area is 101 Å². The Balaban J connectivity index is 2.00. The molecule has 2 N–H and O–H groups in total. The molecule has 1 aliphatic rings. The van der Waals surface area contributed by atoms with E-state index in [0.29, 0.717) is 6.04 Å². The smallest absolute Gasteiger partial charge is 0.00193 e. The zero-order valence-corrected chi connectivity index (χ0v) is 11.3. The van der Waals surface area contributed by atoms with E-state index in [-0.39, 0.29) is 0 Å². The molecule has 0 amide bonds. The summed E-state index contributed by atoms with van der Waals surface area (Å²) in [5.41, 5.74) is 5.74. The predicted molar refractivity (Wildman–Crippen MR) is 70.6 cm³/mol. The maximum Gasteiger partial charge on any atom is 0.00193 e. The minimum atomic E-state index is 0.369. The molecule has 1 rings (SSSR count). The highest BCUT2D eigenvalue weighted by molar-refractivity contribution is 4.75. The Morgan fingerprint density at radius 1 is 1.44 bits per heavy atom. The molecule has 0 saturated carbocycles. The lowest BCUT2D eigenvalue weighted by Crippen LogP contribution is -2.28. The largest absolute Gasteiger partial charge is 0.328 e. The van der Waals surface area contributed by atoms with Gasteiger partial charge in [-0.05, 0) is 59.3 Å². The minimum absolute atomic E-state index is 0.369. The average molecular weight is 227 g/mol. The van der Waals surface area contributed by atoms with Crippen LogP contribution in [0.5, 0.6) is 0 Å². The number of hydrogen-bond donors (Lipinski definition) is 1. The van der Waals surface area contributed by atoms with Crippen LogP contribution >= 0.6 is 0 Å². The van der Waals surface area contributed by atoms with Crippen molar-refractivity contribution in [3.63, 3.8) is 0 Å². The van der Waals surface area contributed by atoms with Crippen molar-refractivity contribution in [2.45, 2.75) is 38.6 Å². The summed E-state index contributed by atoms with van der Waals surface area (Å²) >= 11 is 0. The fraction of sp³-hybridized carbons (Fsp3) is 1.00. The highest BCUT2D eigenvalue weighted by Crippen LogP contribution is 2.15. The van der Waals surface area contributed by atoms with Crippen LogP contribution in [-0.4, -0.2) is 56.1 Å². The van der Waals surface area contributed by atoms with Gasteiger partial charge in [-0.3, -0.25) is 0 Å². The first-order valence-electron chi connectivity index (χ1n) is 6.70. The van der Waals surface area contributed by atoms with E-state index in [4.69, 9.17) is 5.73 Å². The van der Waals surface area contributed by atoms with Crippen molar-refractivity contribution < 1.29 is 0 Å². The van der Waals surface area contributed by atoms with Gasteiger partial charge in [0.25, 0.3) is 0 Å². The Morgan fingerprint density at radius 2 is 2.19 bits per heavy atom. The molecular weight excluding hydrogens is 198 g/mol. The first-order chi connectivity index (χ1) is 7.58. The van der Waals surface area contributed by atoms with Gasteiger partial charge in [0, 0.05) is 19.1 Å². The lowest BCUT2D eigenvalue weighted by Gasteiger charge is -2.20. The summed E-state index contributed by atoms with van der Waals surface area (Å²) in [6.45, 7) is 7.15. The van der Waals surface area contributed by atoms with Crippen molar-refractivity contribution >= 4 is 0 Å². The van der Waals surface area contributed by atoms with Gasteiger partial charge in [0.2, 0.25) is 0 Å². The molecule has 0 aromatic rings. The van der Waals surface area contributed by atoms with E-state index in [1.54, 1.807) is 0 Å². The molecule has 0 aliphatic carbocycles. The van der Waals surface area contributed by atoms with Crippen LogP contribution in [0.2, 0.25) is 0 Å². The topological polar surface area (TPSA) is 32.5 Å². The zero-order chi connectivity index (χ0) is 12.0. The first-order valence-corrected chi connectivity index (χ1v) is 6.70. The van der Waals surface area contributed by atoms with Crippen LogP contribution in [0.25, 0.3) is 0 Å². The average Bonchev–Trinajstić information content (AvgIpc) is 2.58. The lowest BCUT2D eigenvalue weighted by atomic mass is 10.1. The van der Waals surface area contributed by atoms with E-state index in [9.17, 15) is 0 Å². The van der Waals surface area contributed by atoms with Gasteiger partial charge >= 0.3 is 0 Å². The molecule has 0 aromatic heterocycles. The Kier molecular flexibility index (Phi) is 6.32. The fourth-order valence-electron chi connectivity index (χ4n) is 2.56. The standard InChI is InChI=1S/C13H29N3/c1-12(14)6-4-5-8-15(2)10-13-7-9-16(3)11-13/h12-13H,4-11,14H2,1-3H3. The van der Waals surface area contributed by atoms with E-state index in [1.807, 2.05) is 0 Å². The molecule has 2 unspecified atom stereocenters. The summed E-state index contributed by atoms with van der Waals surface area (Å²) in [6, 6.07) is 0.369. The summed E-state index contributed by atoms with van der Waals surface area (Å²) in [5.74, 6) is 0.892. The van der Waals surface area contributed by atoms with Crippen molar-refractivity contribution in [2.24, 2.45) is 11.7 Å². The van der Waals surface area contributed by atoms with Gasteiger partial charge in [-0.15, -0.1) is 0 Å². The molecule has 3 nitrogen and oxygen atoms in total. The molecule has 1 fully saturated rings. The number of nitrogens with zero attached hydrogens (tertiary/aromatic N) is 2. The van der Waals surface area contributed by atoms with Gasteiger partial charge < -0.3 is 15.5 Å². The summed E-state index contributed by atoms with van der Waals surface area (Å²) < 4.78 is 0. The van der Waals surface area contributed by atoms with E-state index in [0.717, 1.165) is 5.92 Å². The molecule has 1 saturated heterocycles. The molecule has 0 spiro atoms. The van der Waals surface area contributed by atoms with Crippen LogP contribution in [0, 0.1) is 5.92 Å². The Bertz CT molecular complexity index is 182. The second kappa shape index (κ2) is 7.25. The van der Waals surface area contributed by atoms with Crippen LogP contribution in [0.3, 0.4) is 0 Å². The second-order valence-electron chi connectivity index (χ2n) is 5.65. The third-order valence-corrected chi connectivity index (χ3v) is 3.51. The summed E-state index contributed by atoms with van der Waals surface area (Å²) in [7, 11) is 4.48. The van der Waals surface area contributed by atoms with Gasteiger partial charge in [-0.2, -0.15) is 0 Å². The SMILES string of the molecule is CC(N)CCCCN(C)CC1CCN(C)C1.